The Morgan fingerprint density at radius 3 is 2.26 bits per heavy atom. The maximum absolute atomic E-state index is 12.5. The highest BCUT2D eigenvalue weighted by Gasteiger charge is 2.26. The molecule has 1 aliphatic rings. The van der Waals surface area contributed by atoms with E-state index in [-0.39, 0.29) is 6.04 Å². The molecule has 0 aliphatic carbocycles. The van der Waals surface area contributed by atoms with E-state index in [1.807, 2.05) is 55.6 Å². The quantitative estimate of drug-likeness (QED) is 0.494. The molecule has 0 bridgehead atoms. The molecule has 7 heteroatoms. The second kappa shape index (κ2) is 12.2. The van der Waals surface area contributed by atoms with Crippen LogP contribution in [0.15, 0.2) is 79.1 Å². The summed E-state index contributed by atoms with van der Waals surface area (Å²) in [7, 11) is 0. The molecule has 4 rings (SSSR count). The lowest BCUT2D eigenvalue weighted by Gasteiger charge is -2.39. The fraction of sp³-hybridized carbons (Fsp3) is 0.321. The number of amides is 2. The second-order valence-electron chi connectivity index (χ2n) is 8.98. The van der Waals surface area contributed by atoms with E-state index in [0.29, 0.717) is 13.1 Å². The Bertz CT molecular complexity index is 1080. The molecule has 0 spiro atoms. The van der Waals surface area contributed by atoms with Gasteiger partial charge in [-0.2, -0.15) is 0 Å². The van der Waals surface area contributed by atoms with Crippen LogP contribution in [0.5, 0.6) is 0 Å². The third-order valence-electron chi connectivity index (χ3n) is 6.40. The van der Waals surface area contributed by atoms with Crippen molar-refractivity contribution in [3.63, 3.8) is 0 Å². The van der Waals surface area contributed by atoms with E-state index in [1.54, 1.807) is 6.20 Å². The van der Waals surface area contributed by atoms with Crippen LogP contribution in [0.4, 0.5) is 0 Å². The van der Waals surface area contributed by atoms with Gasteiger partial charge >= 0.3 is 11.8 Å². The molecule has 2 N–H and O–H groups in total. The van der Waals surface area contributed by atoms with Crippen molar-refractivity contribution in [3.05, 3.63) is 101 Å². The standard InChI is InChI=1S/C28H33N5O2/c1-22-9-11-23(12-10-22)18-30-27(34)28(35)31-20-26(25-8-5-13-29-19-25)33-16-14-32(15-17-33)21-24-6-3-2-4-7-24/h2-13,19,26H,14-18,20-21H2,1H3,(H,30,34)(H,31,35). The van der Waals surface area contributed by atoms with E-state index in [0.717, 1.165) is 49.4 Å². The number of rotatable bonds is 8. The minimum Gasteiger partial charge on any atom is -0.346 e. The number of nitrogens with one attached hydrogen (secondary N) is 2. The summed E-state index contributed by atoms with van der Waals surface area (Å²) in [6, 6.07) is 22.3. The molecule has 1 aromatic heterocycles. The van der Waals surface area contributed by atoms with Crippen molar-refractivity contribution in [2.24, 2.45) is 0 Å². The van der Waals surface area contributed by atoms with E-state index in [1.165, 1.54) is 5.56 Å². The van der Waals surface area contributed by atoms with Gasteiger partial charge < -0.3 is 10.6 Å². The third-order valence-corrected chi connectivity index (χ3v) is 6.40. The van der Waals surface area contributed by atoms with Gasteiger partial charge in [-0.05, 0) is 29.7 Å². The summed E-state index contributed by atoms with van der Waals surface area (Å²) in [5.74, 6) is -1.24. The Labute approximate surface area is 207 Å². The van der Waals surface area contributed by atoms with Crippen LogP contribution in [-0.4, -0.2) is 59.3 Å². The molecular formula is C28H33N5O2. The largest absolute Gasteiger partial charge is 0.346 e. The summed E-state index contributed by atoms with van der Waals surface area (Å²) in [4.78, 5) is 34.0. The average molecular weight is 472 g/mol. The Morgan fingerprint density at radius 1 is 0.857 bits per heavy atom. The molecule has 0 saturated carbocycles. The van der Waals surface area contributed by atoms with E-state index < -0.39 is 11.8 Å². The highest BCUT2D eigenvalue weighted by molar-refractivity contribution is 6.35. The molecule has 2 heterocycles. The number of nitrogens with zero attached hydrogens (tertiary/aromatic N) is 3. The zero-order chi connectivity index (χ0) is 24.5. The van der Waals surface area contributed by atoms with Crippen molar-refractivity contribution in [1.82, 2.24) is 25.4 Å². The topological polar surface area (TPSA) is 77.6 Å². The summed E-state index contributed by atoms with van der Waals surface area (Å²) in [6.07, 6.45) is 3.58. The lowest BCUT2D eigenvalue weighted by atomic mass is 10.1. The van der Waals surface area contributed by atoms with E-state index in [9.17, 15) is 9.59 Å². The van der Waals surface area contributed by atoms with Gasteiger partial charge in [0, 0.05) is 58.2 Å². The van der Waals surface area contributed by atoms with E-state index in [2.05, 4.69) is 49.7 Å². The van der Waals surface area contributed by atoms with E-state index >= 15 is 0 Å². The number of hydrogen-bond donors (Lipinski definition) is 2. The molecule has 3 aromatic rings. The molecule has 1 fully saturated rings. The number of aryl methyl sites for hydroxylation is 1. The number of aromatic nitrogens is 1. The first-order valence-corrected chi connectivity index (χ1v) is 12.1. The molecule has 2 amide bonds. The van der Waals surface area contributed by atoms with Crippen LogP contribution in [0.3, 0.4) is 0 Å². The number of hydrogen-bond acceptors (Lipinski definition) is 5. The molecule has 182 valence electrons. The van der Waals surface area contributed by atoms with Crippen molar-refractivity contribution >= 4 is 11.8 Å². The van der Waals surface area contributed by atoms with Crippen LogP contribution in [0, 0.1) is 6.92 Å². The summed E-state index contributed by atoms with van der Waals surface area (Å²) >= 11 is 0. The SMILES string of the molecule is Cc1ccc(CNC(=O)C(=O)NCC(c2cccnc2)N2CCN(Cc3ccccc3)CC2)cc1. The molecule has 0 radical (unpaired) electrons. The fourth-order valence-corrected chi connectivity index (χ4v) is 4.34. The average Bonchev–Trinajstić information content (AvgIpc) is 2.90. The minimum absolute atomic E-state index is 0.0450. The van der Waals surface area contributed by atoms with Crippen molar-refractivity contribution < 1.29 is 9.59 Å². The normalized spacial score (nSPS) is 15.3. The van der Waals surface area contributed by atoms with Crippen molar-refractivity contribution in [1.29, 1.82) is 0 Å². The molecule has 1 saturated heterocycles. The Morgan fingerprint density at radius 2 is 1.57 bits per heavy atom. The number of carbonyl (C=O) groups excluding carboxylic acids is 2. The smallest absolute Gasteiger partial charge is 0.309 e. The summed E-state index contributed by atoms with van der Waals surface area (Å²) < 4.78 is 0. The van der Waals surface area contributed by atoms with Gasteiger partial charge in [-0.25, -0.2) is 0 Å². The molecule has 2 aromatic carbocycles. The Kier molecular flexibility index (Phi) is 8.59. The monoisotopic (exact) mass is 471 g/mol. The maximum Gasteiger partial charge on any atom is 0.309 e. The van der Waals surface area contributed by atoms with Gasteiger partial charge in [0.05, 0.1) is 6.04 Å². The van der Waals surface area contributed by atoms with Crippen molar-refractivity contribution in [2.45, 2.75) is 26.1 Å². The molecular weight excluding hydrogens is 438 g/mol. The van der Waals surface area contributed by atoms with Crippen LogP contribution >= 0.6 is 0 Å². The summed E-state index contributed by atoms with van der Waals surface area (Å²) in [5.41, 5.74) is 4.46. The summed E-state index contributed by atoms with van der Waals surface area (Å²) in [5, 5.41) is 5.55. The number of piperazine rings is 1. The zero-order valence-electron chi connectivity index (χ0n) is 20.2. The first kappa shape index (κ1) is 24.6. The Hall–Kier alpha value is -3.55. The van der Waals surface area contributed by atoms with Gasteiger partial charge in [-0.15, -0.1) is 0 Å². The maximum atomic E-state index is 12.5. The lowest BCUT2D eigenvalue weighted by molar-refractivity contribution is -0.139. The van der Waals surface area contributed by atoms with Crippen LogP contribution in [0.2, 0.25) is 0 Å². The van der Waals surface area contributed by atoms with Gasteiger partial charge in [-0.3, -0.25) is 24.4 Å². The van der Waals surface area contributed by atoms with Crippen LogP contribution in [-0.2, 0) is 22.7 Å². The van der Waals surface area contributed by atoms with Crippen LogP contribution < -0.4 is 10.6 Å². The Balaban J connectivity index is 1.31. The minimum atomic E-state index is -0.622. The summed E-state index contributed by atoms with van der Waals surface area (Å²) in [6.45, 7) is 7.25. The predicted molar refractivity (Wildman–Crippen MR) is 136 cm³/mol. The predicted octanol–water partition coefficient (Wildman–Crippen LogP) is 2.68. The van der Waals surface area contributed by atoms with Crippen LogP contribution in [0.1, 0.15) is 28.3 Å². The lowest BCUT2D eigenvalue weighted by Crippen LogP contribution is -2.50. The van der Waals surface area contributed by atoms with E-state index in [4.69, 9.17) is 0 Å². The highest BCUT2D eigenvalue weighted by atomic mass is 16.2. The van der Waals surface area contributed by atoms with Gasteiger partial charge in [0.25, 0.3) is 0 Å². The third kappa shape index (κ3) is 7.21. The van der Waals surface area contributed by atoms with Crippen molar-refractivity contribution in [2.75, 3.05) is 32.7 Å². The van der Waals surface area contributed by atoms with Gasteiger partial charge in [0.1, 0.15) is 0 Å². The first-order chi connectivity index (χ1) is 17.1. The number of benzene rings is 2. The van der Waals surface area contributed by atoms with Crippen LogP contribution in [0.25, 0.3) is 0 Å². The van der Waals surface area contributed by atoms with Crippen molar-refractivity contribution in [3.8, 4) is 0 Å². The second-order valence-corrected chi connectivity index (χ2v) is 8.98. The van der Waals surface area contributed by atoms with Gasteiger partial charge in [0.2, 0.25) is 0 Å². The molecule has 1 aliphatic heterocycles. The number of pyridine rings is 1. The van der Waals surface area contributed by atoms with Gasteiger partial charge in [0.15, 0.2) is 0 Å². The van der Waals surface area contributed by atoms with Gasteiger partial charge in [-0.1, -0.05) is 66.2 Å². The molecule has 1 unspecified atom stereocenters. The number of carbonyl (C=O) groups is 2. The fourth-order valence-electron chi connectivity index (χ4n) is 4.34. The zero-order valence-corrected chi connectivity index (χ0v) is 20.2. The first-order valence-electron chi connectivity index (χ1n) is 12.1. The molecule has 1 atom stereocenters. The molecule has 7 nitrogen and oxygen atoms in total. The molecule has 35 heavy (non-hydrogen) atoms. The highest BCUT2D eigenvalue weighted by Crippen LogP contribution is 2.21.